The van der Waals surface area contributed by atoms with E-state index in [2.05, 4.69) is 20.3 Å². The third-order valence-electron chi connectivity index (χ3n) is 2.26. The molecule has 6 nitrogen and oxygen atoms in total. The predicted molar refractivity (Wildman–Crippen MR) is 66.8 cm³/mol. The first-order valence-electron chi connectivity index (χ1n) is 5.15. The SMILES string of the molecule is CC(Cn1ccnc1)Nc1ncnc(Cl)c1N. The molecule has 0 saturated heterocycles. The van der Waals surface area contributed by atoms with Gasteiger partial charge in [0.15, 0.2) is 11.0 Å². The van der Waals surface area contributed by atoms with Crippen LogP contribution in [0.2, 0.25) is 5.15 Å². The van der Waals surface area contributed by atoms with E-state index in [1.165, 1.54) is 6.33 Å². The highest BCUT2D eigenvalue weighted by molar-refractivity contribution is 6.32. The van der Waals surface area contributed by atoms with Gasteiger partial charge in [-0.25, -0.2) is 15.0 Å². The maximum absolute atomic E-state index is 5.81. The van der Waals surface area contributed by atoms with Crippen LogP contribution in [0.4, 0.5) is 11.5 Å². The number of hydrogen-bond acceptors (Lipinski definition) is 5. The molecule has 0 aliphatic carbocycles. The van der Waals surface area contributed by atoms with Crippen molar-refractivity contribution in [2.45, 2.75) is 19.5 Å². The van der Waals surface area contributed by atoms with Crippen molar-refractivity contribution >= 4 is 23.1 Å². The Bertz CT molecular complexity index is 484. The van der Waals surface area contributed by atoms with Gasteiger partial charge in [0.25, 0.3) is 0 Å². The van der Waals surface area contributed by atoms with E-state index < -0.39 is 0 Å². The van der Waals surface area contributed by atoms with Gasteiger partial charge in [-0.2, -0.15) is 0 Å². The van der Waals surface area contributed by atoms with Gasteiger partial charge in [-0.15, -0.1) is 0 Å². The van der Waals surface area contributed by atoms with Crippen LogP contribution in [0.25, 0.3) is 0 Å². The van der Waals surface area contributed by atoms with E-state index in [0.29, 0.717) is 11.5 Å². The largest absolute Gasteiger partial charge is 0.393 e. The number of nitrogens with two attached hydrogens (primary N) is 1. The van der Waals surface area contributed by atoms with Gasteiger partial charge in [-0.1, -0.05) is 11.6 Å². The van der Waals surface area contributed by atoms with E-state index in [-0.39, 0.29) is 11.2 Å². The zero-order valence-electron chi connectivity index (χ0n) is 9.34. The van der Waals surface area contributed by atoms with E-state index in [9.17, 15) is 0 Å². The van der Waals surface area contributed by atoms with Crippen LogP contribution in [0, 0.1) is 0 Å². The fourth-order valence-electron chi connectivity index (χ4n) is 1.48. The molecule has 0 fully saturated rings. The smallest absolute Gasteiger partial charge is 0.157 e. The number of nitrogens with zero attached hydrogens (tertiary/aromatic N) is 4. The highest BCUT2D eigenvalue weighted by atomic mass is 35.5. The molecule has 2 aromatic rings. The highest BCUT2D eigenvalue weighted by Gasteiger charge is 2.09. The van der Waals surface area contributed by atoms with Crippen LogP contribution in [-0.4, -0.2) is 25.6 Å². The standard InChI is InChI=1S/C10H13ClN6/c1-7(4-17-3-2-13-6-17)16-10-8(12)9(11)14-5-15-10/h2-3,5-7H,4,12H2,1H3,(H,14,15,16). The van der Waals surface area contributed by atoms with Crippen molar-refractivity contribution in [3.63, 3.8) is 0 Å². The number of halogens is 1. The number of anilines is 2. The summed E-state index contributed by atoms with van der Waals surface area (Å²) in [5.74, 6) is 0.553. The van der Waals surface area contributed by atoms with Gasteiger partial charge in [-0.05, 0) is 6.92 Å². The second-order valence-corrected chi connectivity index (χ2v) is 4.09. The Morgan fingerprint density at radius 3 is 3.06 bits per heavy atom. The summed E-state index contributed by atoms with van der Waals surface area (Å²) in [5.41, 5.74) is 6.13. The average Bonchev–Trinajstić information content (AvgIpc) is 2.77. The van der Waals surface area contributed by atoms with Crippen LogP contribution < -0.4 is 11.1 Å². The van der Waals surface area contributed by atoms with Gasteiger partial charge in [-0.3, -0.25) is 0 Å². The van der Waals surface area contributed by atoms with E-state index in [1.54, 1.807) is 12.5 Å². The molecule has 1 unspecified atom stereocenters. The summed E-state index contributed by atoms with van der Waals surface area (Å²) < 4.78 is 1.97. The Morgan fingerprint density at radius 2 is 2.35 bits per heavy atom. The molecule has 0 radical (unpaired) electrons. The molecule has 2 rings (SSSR count). The zero-order valence-corrected chi connectivity index (χ0v) is 10.1. The van der Waals surface area contributed by atoms with Gasteiger partial charge in [0.2, 0.25) is 0 Å². The molecular weight excluding hydrogens is 240 g/mol. The summed E-state index contributed by atoms with van der Waals surface area (Å²) in [7, 11) is 0. The molecular formula is C10H13ClN6. The summed E-state index contributed by atoms with van der Waals surface area (Å²) in [5, 5.41) is 3.44. The van der Waals surface area contributed by atoms with Crippen molar-refractivity contribution < 1.29 is 0 Å². The van der Waals surface area contributed by atoms with Crippen molar-refractivity contribution in [1.82, 2.24) is 19.5 Å². The zero-order chi connectivity index (χ0) is 12.3. The van der Waals surface area contributed by atoms with Gasteiger partial charge >= 0.3 is 0 Å². The number of imidazole rings is 1. The van der Waals surface area contributed by atoms with Gasteiger partial charge in [0, 0.05) is 25.0 Å². The van der Waals surface area contributed by atoms with Gasteiger partial charge < -0.3 is 15.6 Å². The first kappa shape index (κ1) is 11.7. The van der Waals surface area contributed by atoms with Gasteiger partial charge in [0.1, 0.15) is 12.0 Å². The molecule has 0 aliphatic rings. The quantitative estimate of drug-likeness (QED) is 0.804. The molecule has 0 spiro atoms. The molecule has 17 heavy (non-hydrogen) atoms. The summed E-state index contributed by atoms with van der Waals surface area (Å²) in [6.45, 7) is 2.79. The van der Waals surface area contributed by atoms with Crippen LogP contribution >= 0.6 is 11.6 Å². The van der Waals surface area contributed by atoms with Crippen molar-refractivity contribution in [1.29, 1.82) is 0 Å². The first-order valence-corrected chi connectivity index (χ1v) is 5.53. The second-order valence-electron chi connectivity index (χ2n) is 3.73. The van der Waals surface area contributed by atoms with Crippen molar-refractivity contribution in [2.24, 2.45) is 0 Å². The third kappa shape index (κ3) is 2.85. The molecule has 0 aromatic carbocycles. The van der Waals surface area contributed by atoms with E-state index in [4.69, 9.17) is 17.3 Å². The fraction of sp³-hybridized carbons (Fsp3) is 0.300. The number of aromatic nitrogens is 4. The minimum absolute atomic E-state index is 0.150. The molecule has 2 aromatic heterocycles. The average molecular weight is 253 g/mol. The van der Waals surface area contributed by atoms with Gasteiger partial charge in [0.05, 0.1) is 6.33 Å². The predicted octanol–water partition coefficient (Wildman–Crippen LogP) is 1.41. The molecule has 3 N–H and O–H groups in total. The summed E-state index contributed by atoms with van der Waals surface area (Å²) >= 11 is 5.81. The maximum atomic E-state index is 5.81. The Balaban J connectivity index is 2.03. The third-order valence-corrected chi connectivity index (χ3v) is 2.56. The molecule has 0 amide bonds. The molecule has 1 atom stereocenters. The van der Waals surface area contributed by atoms with E-state index in [0.717, 1.165) is 6.54 Å². The number of rotatable bonds is 4. The molecule has 0 bridgehead atoms. The number of hydrogen-bond donors (Lipinski definition) is 2. The first-order chi connectivity index (χ1) is 8.16. The van der Waals surface area contributed by atoms with Crippen molar-refractivity contribution in [3.05, 3.63) is 30.2 Å². The molecule has 0 saturated carbocycles. The second kappa shape index (κ2) is 5.01. The number of nitrogen functional groups attached to an aromatic ring is 1. The lowest BCUT2D eigenvalue weighted by Gasteiger charge is -2.16. The molecule has 7 heteroatoms. The molecule has 0 aliphatic heterocycles. The normalized spacial score (nSPS) is 12.4. The number of nitrogens with one attached hydrogen (secondary N) is 1. The molecule has 2 heterocycles. The highest BCUT2D eigenvalue weighted by Crippen LogP contribution is 2.22. The minimum Gasteiger partial charge on any atom is -0.393 e. The van der Waals surface area contributed by atoms with Crippen LogP contribution in [0.1, 0.15) is 6.92 Å². The van der Waals surface area contributed by atoms with Crippen molar-refractivity contribution in [3.8, 4) is 0 Å². The Labute approximate surface area is 104 Å². The van der Waals surface area contributed by atoms with Crippen molar-refractivity contribution in [2.75, 3.05) is 11.1 Å². The van der Waals surface area contributed by atoms with Crippen LogP contribution in [0.5, 0.6) is 0 Å². The maximum Gasteiger partial charge on any atom is 0.157 e. The van der Waals surface area contributed by atoms with E-state index in [1.807, 2.05) is 17.7 Å². The lowest BCUT2D eigenvalue weighted by molar-refractivity contribution is 0.617. The topological polar surface area (TPSA) is 81.7 Å². The Morgan fingerprint density at radius 1 is 1.53 bits per heavy atom. The van der Waals surface area contributed by atoms with E-state index >= 15 is 0 Å². The summed E-state index contributed by atoms with van der Waals surface area (Å²) in [4.78, 5) is 11.8. The Kier molecular flexibility index (Phi) is 3.43. The Hall–Kier alpha value is -1.82. The lowest BCUT2D eigenvalue weighted by atomic mass is 10.3. The minimum atomic E-state index is 0.150. The lowest BCUT2D eigenvalue weighted by Crippen LogP contribution is -2.22. The van der Waals surface area contributed by atoms with Crippen LogP contribution in [-0.2, 0) is 6.54 Å². The molecule has 90 valence electrons. The van der Waals surface area contributed by atoms with Crippen LogP contribution in [0.3, 0.4) is 0 Å². The monoisotopic (exact) mass is 252 g/mol. The summed E-state index contributed by atoms with van der Waals surface area (Å²) in [6, 6.07) is 0.150. The van der Waals surface area contributed by atoms with Crippen LogP contribution in [0.15, 0.2) is 25.0 Å². The fourth-order valence-corrected chi connectivity index (χ4v) is 1.61. The summed E-state index contributed by atoms with van der Waals surface area (Å²) in [6.07, 6.45) is 6.77.